The van der Waals surface area contributed by atoms with Gasteiger partial charge in [-0.15, -0.1) is 5.10 Å². The molecule has 4 aromatic rings. The van der Waals surface area contributed by atoms with Crippen molar-refractivity contribution in [3.8, 4) is 0 Å². The molecule has 0 spiro atoms. The molecule has 0 unspecified atom stereocenters. The van der Waals surface area contributed by atoms with Crippen LogP contribution in [-0.4, -0.2) is 68.5 Å². The Morgan fingerprint density at radius 1 is 1.10 bits per heavy atom. The van der Waals surface area contributed by atoms with Crippen LogP contribution in [-0.2, 0) is 0 Å². The second-order valence-corrected chi connectivity index (χ2v) is 7.53. The minimum Gasteiger partial charge on any atom is -0.397 e. The highest BCUT2D eigenvalue weighted by Crippen LogP contribution is 2.32. The topological polar surface area (TPSA) is 92.6 Å². The van der Waals surface area contributed by atoms with Crippen LogP contribution in [0.2, 0.25) is 0 Å². The lowest BCUT2D eigenvalue weighted by Crippen LogP contribution is -2.35. The number of nitrogens with zero attached hydrogens (tertiary/aromatic N) is 6. The molecular weight excluding hydrogens is 392 g/mol. The molecule has 1 aliphatic heterocycles. The average Bonchev–Trinajstić information content (AvgIpc) is 2.93. The zero-order chi connectivity index (χ0) is 21.0. The lowest BCUT2D eigenvalue weighted by atomic mass is 10.1. The molecule has 154 valence electrons. The number of anilines is 1. The smallest absolute Gasteiger partial charge is 0.259 e. The van der Waals surface area contributed by atoms with Crippen molar-refractivity contribution in [3.05, 3.63) is 41.6 Å². The molecule has 0 bridgehead atoms. The van der Waals surface area contributed by atoms with Crippen molar-refractivity contribution < 1.29 is 13.6 Å². The number of hydrogen-bond acceptors (Lipinski definition) is 6. The van der Waals surface area contributed by atoms with Crippen molar-refractivity contribution in [1.82, 2.24) is 29.4 Å². The predicted octanol–water partition coefficient (Wildman–Crippen LogP) is 2.07. The van der Waals surface area contributed by atoms with Crippen molar-refractivity contribution in [3.63, 3.8) is 0 Å². The van der Waals surface area contributed by atoms with E-state index in [1.807, 2.05) is 7.05 Å². The number of nitrogen functional groups attached to an aromatic ring is 1. The second kappa shape index (κ2) is 6.84. The van der Waals surface area contributed by atoms with Crippen LogP contribution in [0.1, 0.15) is 16.8 Å². The van der Waals surface area contributed by atoms with Crippen LogP contribution in [0.5, 0.6) is 0 Å². The van der Waals surface area contributed by atoms with Gasteiger partial charge < -0.3 is 15.5 Å². The monoisotopic (exact) mass is 411 g/mol. The van der Waals surface area contributed by atoms with Crippen LogP contribution in [0.4, 0.5) is 14.5 Å². The Kier molecular flexibility index (Phi) is 4.24. The number of fused-ring (bicyclic) bond motifs is 5. The van der Waals surface area contributed by atoms with E-state index in [0.717, 1.165) is 31.6 Å². The Morgan fingerprint density at radius 2 is 1.90 bits per heavy atom. The highest BCUT2D eigenvalue weighted by Gasteiger charge is 2.27. The summed E-state index contributed by atoms with van der Waals surface area (Å²) in [7, 11) is 2.01. The molecule has 1 saturated heterocycles. The quantitative estimate of drug-likeness (QED) is 0.516. The molecule has 0 saturated carbocycles. The number of rotatable bonds is 1. The molecule has 3 aromatic heterocycles. The van der Waals surface area contributed by atoms with Crippen LogP contribution < -0.4 is 5.73 Å². The van der Waals surface area contributed by atoms with Gasteiger partial charge in [0, 0.05) is 37.2 Å². The number of likely N-dealkylation sites (N-methyl/N-ethyl adjacent to an activating group) is 1. The summed E-state index contributed by atoms with van der Waals surface area (Å²) < 4.78 is 29.4. The van der Waals surface area contributed by atoms with E-state index in [9.17, 15) is 13.6 Å². The molecule has 10 heteroatoms. The van der Waals surface area contributed by atoms with Gasteiger partial charge in [0.25, 0.3) is 5.91 Å². The Bertz CT molecular complexity index is 1320. The minimum absolute atomic E-state index is 0.205. The van der Waals surface area contributed by atoms with Gasteiger partial charge >= 0.3 is 0 Å². The van der Waals surface area contributed by atoms with E-state index < -0.39 is 11.6 Å². The first kappa shape index (κ1) is 18.6. The number of nitrogens with two attached hydrogens (primary N) is 1. The summed E-state index contributed by atoms with van der Waals surface area (Å²) in [5.41, 5.74) is 7.88. The number of carbonyl (C=O) groups excluding carboxylic acids is 1. The highest BCUT2D eigenvalue weighted by molar-refractivity contribution is 6.12. The lowest BCUT2D eigenvalue weighted by molar-refractivity contribution is 0.0765. The summed E-state index contributed by atoms with van der Waals surface area (Å²) in [4.78, 5) is 21.9. The average molecular weight is 411 g/mol. The van der Waals surface area contributed by atoms with Crippen molar-refractivity contribution in [2.45, 2.75) is 6.42 Å². The van der Waals surface area contributed by atoms with Gasteiger partial charge in [-0.05, 0) is 26.1 Å². The molecule has 0 radical (unpaired) electrons. The lowest BCUT2D eigenvalue weighted by Gasteiger charge is -2.22. The summed E-state index contributed by atoms with van der Waals surface area (Å²) in [6.07, 6.45) is 2.31. The van der Waals surface area contributed by atoms with Gasteiger partial charge in [-0.3, -0.25) is 9.20 Å². The first-order valence-corrected chi connectivity index (χ1v) is 9.63. The van der Waals surface area contributed by atoms with Crippen molar-refractivity contribution in [2.75, 3.05) is 39.0 Å². The molecular formula is C20H19F2N7O. The zero-order valence-corrected chi connectivity index (χ0v) is 16.3. The maximum Gasteiger partial charge on any atom is 0.259 e. The number of carbonyl (C=O) groups is 1. The van der Waals surface area contributed by atoms with Crippen LogP contribution in [0.25, 0.3) is 27.7 Å². The number of amides is 1. The molecule has 1 amide bonds. The largest absolute Gasteiger partial charge is 0.397 e. The van der Waals surface area contributed by atoms with Gasteiger partial charge in [0.1, 0.15) is 5.56 Å². The molecule has 5 rings (SSSR count). The summed E-state index contributed by atoms with van der Waals surface area (Å²) in [5, 5.41) is 8.52. The van der Waals surface area contributed by atoms with Gasteiger partial charge in [0.15, 0.2) is 22.9 Å². The standard InChI is InChI=1S/C20H19F2N7O/c1-27-5-2-6-28(8-7-27)20(30)16-17(23)11-3-4-24-26-18(11)29-15-10-13(22)12(21)9-14(15)25-19(16)29/h3-4,9-10H,2,5-8,23H2,1H3. The third-order valence-electron chi connectivity index (χ3n) is 5.61. The maximum absolute atomic E-state index is 14.0. The Morgan fingerprint density at radius 3 is 2.73 bits per heavy atom. The second-order valence-electron chi connectivity index (χ2n) is 7.53. The molecule has 0 aliphatic carbocycles. The van der Waals surface area contributed by atoms with Gasteiger partial charge in [0.05, 0.1) is 22.9 Å². The first-order valence-electron chi connectivity index (χ1n) is 9.63. The maximum atomic E-state index is 14.0. The van der Waals surface area contributed by atoms with Gasteiger partial charge in [0.2, 0.25) is 0 Å². The normalized spacial score (nSPS) is 15.9. The third-order valence-corrected chi connectivity index (χ3v) is 5.61. The predicted molar refractivity (Wildman–Crippen MR) is 108 cm³/mol. The van der Waals surface area contributed by atoms with Gasteiger partial charge in [-0.25, -0.2) is 13.8 Å². The number of aromatic nitrogens is 4. The molecule has 1 aromatic carbocycles. The molecule has 4 heterocycles. The highest BCUT2D eigenvalue weighted by atomic mass is 19.2. The number of pyridine rings is 1. The van der Waals surface area contributed by atoms with E-state index in [0.29, 0.717) is 29.6 Å². The van der Waals surface area contributed by atoms with Crippen LogP contribution in [0, 0.1) is 11.6 Å². The Balaban J connectivity index is 1.82. The van der Waals surface area contributed by atoms with Crippen molar-refractivity contribution in [1.29, 1.82) is 0 Å². The fraction of sp³-hybridized carbons (Fsp3) is 0.300. The van der Waals surface area contributed by atoms with Gasteiger partial charge in [-0.1, -0.05) is 0 Å². The molecule has 1 aliphatic rings. The van der Waals surface area contributed by atoms with Crippen molar-refractivity contribution in [2.24, 2.45) is 0 Å². The SMILES string of the molecule is CN1CCCN(C(=O)c2c(N)c3ccnnc3n3c2nc2cc(F)c(F)cc23)CC1. The Hall–Kier alpha value is -3.40. The number of hydrogen-bond donors (Lipinski definition) is 1. The summed E-state index contributed by atoms with van der Waals surface area (Å²) in [6.45, 7) is 2.78. The fourth-order valence-corrected chi connectivity index (χ4v) is 4.03. The van der Waals surface area contributed by atoms with Gasteiger partial charge in [-0.2, -0.15) is 5.10 Å². The molecule has 8 nitrogen and oxygen atoms in total. The molecule has 2 N–H and O–H groups in total. The summed E-state index contributed by atoms with van der Waals surface area (Å²) >= 11 is 0. The summed E-state index contributed by atoms with van der Waals surface area (Å²) in [5.74, 6) is -2.29. The Labute approximate surface area is 169 Å². The number of halogens is 2. The zero-order valence-electron chi connectivity index (χ0n) is 16.3. The van der Waals surface area contributed by atoms with E-state index >= 15 is 0 Å². The molecule has 30 heavy (non-hydrogen) atoms. The van der Waals surface area contributed by atoms with Crippen LogP contribution in [0.15, 0.2) is 24.4 Å². The van der Waals surface area contributed by atoms with E-state index in [2.05, 4.69) is 20.1 Å². The molecule has 1 fully saturated rings. The van der Waals surface area contributed by atoms with E-state index in [4.69, 9.17) is 5.73 Å². The minimum atomic E-state index is -1.02. The first-order chi connectivity index (χ1) is 14.5. The van der Waals surface area contributed by atoms with Crippen LogP contribution >= 0.6 is 0 Å². The van der Waals surface area contributed by atoms with E-state index in [1.165, 1.54) is 10.6 Å². The molecule has 0 atom stereocenters. The van der Waals surface area contributed by atoms with E-state index in [-0.39, 0.29) is 28.3 Å². The van der Waals surface area contributed by atoms with Crippen LogP contribution in [0.3, 0.4) is 0 Å². The number of benzene rings is 1. The van der Waals surface area contributed by atoms with E-state index in [1.54, 1.807) is 11.0 Å². The summed E-state index contributed by atoms with van der Waals surface area (Å²) in [6, 6.07) is 3.70. The third kappa shape index (κ3) is 2.75. The fourth-order valence-electron chi connectivity index (χ4n) is 4.03. The number of imidazole rings is 1. The van der Waals surface area contributed by atoms with Crippen molar-refractivity contribution >= 4 is 39.3 Å².